The van der Waals surface area contributed by atoms with Gasteiger partial charge in [0.25, 0.3) is 0 Å². The Labute approximate surface area is 120 Å². The van der Waals surface area contributed by atoms with Crippen molar-refractivity contribution in [2.45, 2.75) is 6.92 Å². The van der Waals surface area contributed by atoms with Gasteiger partial charge in [0.05, 0.1) is 12.3 Å². The van der Waals surface area contributed by atoms with Gasteiger partial charge in [0.2, 0.25) is 0 Å². The van der Waals surface area contributed by atoms with E-state index in [-0.39, 0.29) is 5.69 Å². The first-order valence-electron chi connectivity index (χ1n) is 5.69. The largest absolute Gasteiger partial charge is 0.461 e. The van der Waals surface area contributed by atoms with E-state index in [4.69, 9.17) is 27.9 Å². The van der Waals surface area contributed by atoms with E-state index < -0.39 is 5.97 Å². The van der Waals surface area contributed by atoms with Gasteiger partial charge in [0.15, 0.2) is 5.69 Å². The van der Waals surface area contributed by atoms with E-state index in [1.807, 2.05) is 0 Å². The molecule has 0 unspecified atom stereocenters. The summed E-state index contributed by atoms with van der Waals surface area (Å²) in [4.78, 5) is 11.6. The van der Waals surface area contributed by atoms with Crippen LogP contribution in [-0.4, -0.2) is 22.4 Å². The molecule has 2 rings (SSSR count). The summed E-state index contributed by atoms with van der Waals surface area (Å²) in [6.45, 7) is 2.06. The highest BCUT2D eigenvalue weighted by Crippen LogP contribution is 2.27. The van der Waals surface area contributed by atoms with Crippen LogP contribution < -0.4 is 0 Å². The van der Waals surface area contributed by atoms with Gasteiger partial charge in [-0.15, -0.1) is 0 Å². The molecule has 0 saturated heterocycles. The number of aromatic nitrogens is 2. The summed E-state index contributed by atoms with van der Waals surface area (Å²) < 4.78 is 6.50. The highest BCUT2D eigenvalue weighted by Gasteiger charge is 2.15. The number of halogens is 2. The van der Waals surface area contributed by atoms with Gasteiger partial charge in [-0.1, -0.05) is 23.2 Å². The molecule has 0 fully saturated rings. The van der Waals surface area contributed by atoms with Crippen LogP contribution in [0.1, 0.15) is 17.4 Å². The normalized spacial score (nSPS) is 10.5. The van der Waals surface area contributed by atoms with Crippen LogP contribution in [0, 0.1) is 0 Å². The lowest BCUT2D eigenvalue weighted by atomic mass is 10.1. The van der Waals surface area contributed by atoms with E-state index in [1.54, 1.807) is 42.9 Å². The van der Waals surface area contributed by atoms with Crippen LogP contribution in [-0.2, 0) is 11.8 Å². The Morgan fingerprint density at radius 3 is 2.47 bits per heavy atom. The molecule has 0 radical (unpaired) electrons. The fourth-order valence-electron chi connectivity index (χ4n) is 1.74. The first-order valence-corrected chi connectivity index (χ1v) is 6.44. The van der Waals surface area contributed by atoms with Gasteiger partial charge in [0, 0.05) is 22.7 Å². The van der Waals surface area contributed by atoms with Crippen molar-refractivity contribution in [3.8, 4) is 11.3 Å². The van der Waals surface area contributed by atoms with Gasteiger partial charge in [-0.05, 0) is 31.2 Å². The molecule has 0 spiro atoms. The third kappa shape index (κ3) is 3.08. The zero-order valence-corrected chi connectivity index (χ0v) is 12.0. The van der Waals surface area contributed by atoms with Gasteiger partial charge >= 0.3 is 5.97 Å². The second kappa shape index (κ2) is 5.63. The average molecular weight is 299 g/mol. The number of carbonyl (C=O) groups is 1. The molecule has 1 aromatic heterocycles. The predicted octanol–water partition coefficient (Wildman–Crippen LogP) is 3.57. The van der Waals surface area contributed by atoms with Crippen molar-refractivity contribution in [2.75, 3.05) is 6.61 Å². The van der Waals surface area contributed by atoms with Crippen molar-refractivity contribution in [1.82, 2.24) is 9.78 Å². The lowest BCUT2D eigenvalue weighted by Gasteiger charge is -2.03. The highest BCUT2D eigenvalue weighted by molar-refractivity contribution is 6.35. The second-order valence-electron chi connectivity index (χ2n) is 3.92. The van der Waals surface area contributed by atoms with Gasteiger partial charge in [-0.25, -0.2) is 4.79 Å². The smallest absolute Gasteiger partial charge is 0.358 e. The number of nitrogens with zero attached hydrogens (tertiary/aromatic N) is 2. The second-order valence-corrected chi connectivity index (χ2v) is 4.79. The number of ether oxygens (including phenoxy) is 1. The van der Waals surface area contributed by atoms with Crippen LogP contribution in [0.15, 0.2) is 24.3 Å². The number of esters is 1. The molecule has 0 saturated carbocycles. The summed E-state index contributed by atoms with van der Waals surface area (Å²) in [5, 5.41) is 5.18. The molecular weight excluding hydrogens is 287 g/mol. The molecule has 4 nitrogen and oxygen atoms in total. The molecule has 100 valence electrons. The predicted molar refractivity (Wildman–Crippen MR) is 74.6 cm³/mol. The van der Waals surface area contributed by atoms with Gasteiger partial charge in [-0.3, -0.25) is 4.68 Å². The van der Waals surface area contributed by atoms with E-state index in [1.165, 1.54) is 0 Å². The number of rotatable bonds is 3. The minimum Gasteiger partial charge on any atom is -0.461 e. The molecule has 19 heavy (non-hydrogen) atoms. The third-order valence-electron chi connectivity index (χ3n) is 2.52. The third-order valence-corrected chi connectivity index (χ3v) is 2.96. The Bertz CT molecular complexity index is 603. The molecule has 0 N–H and O–H groups in total. The summed E-state index contributed by atoms with van der Waals surface area (Å²) in [5.74, 6) is -0.447. The fraction of sp³-hybridized carbons (Fsp3) is 0.231. The standard InChI is InChI=1S/C13H12Cl2N2O2/c1-3-19-13(18)11-7-12(17(2)16-11)8-4-9(14)6-10(15)5-8/h4-7H,3H2,1-2H3. The lowest BCUT2D eigenvalue weighted by molar-refractivity contribution is 0.0518. The Balaban J connectivity index is 2.42. The van der Waals surface area contributed by atoms with Crippen molar-refractivity contribution < 1.29 is 9.53 Å². The monoisotopic (exact) mass is 298 g/mol. The first kappa shape index (κ1) is 13.9. The van der Waals surface area contributed by atoms with Crippen LogP contribution in [0.2, 0.25) is 10.0 Å². The Morgan fingerprint density at radius 1 is 1.26 bits per heavy atom. The van der Waals surface area contributed by atoms with E-state index in [9.17, 15) is 4.79 Å². The topological polar surface area (TPSA) is 44.1 Å². The van der Waals surface area contributed by atoms with Crippen molar-refractivity contribution in [2.24, 2.45) is 7.05 Å². The summed E-state index contributed by atoms with van der Waals surface area (Å²) in [6, 6.07) is 6.83. The zero-order chi connectivity index (χ0) is 14.0. The molecule has 0 amide bonds. The minimum atomic E-state index is -0.447. The van der Waals surface area contributed by atoms with Crippen molar-refractivity contribution >= 4 is 29.2 Å². The molecule has 1 heterocycles. The minimum absolute atomic E-state index is 0.260. The SMILES string of the molecule is CCOC(=O)c1cc(-c2cc(Cl)cc(Cl)c2)n(C)n1. The van der Waals surface area contributed by atoms with Crippen molar-refractivity contribution in [3.05, 3.63) is 40.0 Å². The van der Waals surface area contributed by atoms with E-state index >= 15 is 0 Å². The molecule has 0 aliphatic heterocycles. The number of aryl methyl sites for hydroxylation is 1. The molecule has 1 aromatic carbocycles. The van der Waals surface area contributed by atoms with Crippen molar-refractivity contribution in [3.63, 3.8) is 0 Å². The Hall–Kier alpha value is -1.52. The molecule has 2 aromatic rings. The number of benzene rings is 1. The molecule has 0 aliphatic rings. The maximum absolute atomic E-state index is 11.6. The maximum Gasteiger partial charge on any atom is 0.358 e. The van der Waals surface area contributed by atoms with Crippen LogP contribution in [0.25, 0.3) is 11.3 Å². The van der Waals surface area contributed by atoms with E-state index in [2.05, 4.69) is 5.10 Å². The summed E-state index contributed by atoms with van der Waals surface area (Å²) in [7, 11) is 1.74. The fourth-order valence-corrected chi connectivity index (χ4v) is 2.27. The van der Waals surface area contributed by atoms with Crippen LogP contribution in [0.4, 0.5) is 0 Å². The number of hydrogen-bond acceptors (Lipinski definition) is 3. The molecule has 0 atom stereocenters. The van der Waals surface area contributed by atoms with E-state index in [0.717, 1.165) is 11.3 Å². The summed E-state index contributed by atoms with van der Waals surface area (Å²) in [6.07, 6.45) is 0. The summed E-state index contributed by atoms with van der Waals surface area (Å²) in [5.41, 5.74) is 1.80. The quantitative estimate of drug-likeness (QED) is 0.814. The Morgan fingerprint density at radius 2 is 1.89 bits per heavy atom. The maximum atomic E-state index is 11.6. The molecular formula is C13H12Cl2N2O2. The van der Waals surface area contributed by atoms with Crippen LogP contribution in [0.5, 0.6) is 0 Å². The van der Waals surface area contributed by atoms with Gasteiger partial charge < -0.3 is 4.74 Å². The molecule has 0 bridgehead atoms. The molecule has 6 heteroatoms. The van der Waals surface area contributed by atoms with Crippen molar-refractivity contribution in [1.29, 1.82) is 0 Å². The lowest BCUT2D eigenvalue weighted by Crippen LogP contribution is -2.05. The molecule has 0 aliphatic carbocycles. The number of hydrogen-bond donors (Lipinski definition) is 0. The number of carbonyl (C=O) groups excluding carboxylic acids is 1. The van der Waals surface area contributed by atoms with Gasteiger partial charge in [-0.2, -0.15) is 5.10 Å². The van der Waals surface area contributed by atoms with Gasteiger partial charge in [0.1, 0.15) is 0 Å². The zero-order valence-electron chi connectivity index (χ0n) is 10.5. The Kier molecular flexibility index (Phi) is 4.12. The van der Waals surface area contributed by atoms with Crippen LogP contribution >= 0.6 is 23.2 Å². The summed E-state index contributed by atoms with van der Waals surface area (Å²) >= 11 is 11.9. The highest BCUT2D eigenvalue weighted by atomic mass is 35.5. The average Bonchev–Trinajstić information content (AvgIpc) is 2.70. The van der Waals surface area contributed by atoms with E-state index in [0.29, 0.717) is 16.7 Å². The first-order chi connectivity index (χ1) is 9.01. The van der Waals surface area contributed by atoms with Crippen LogP contribution in [0.3, 0.4) is 0 Å².